The number of fused-ring (bicyclic) bond motifs is 1. The highest BCUT2D eigenvalue weighted by molar-refractivity contribution is 5.69. The third-order valence-electron chi connectivity index (χ3n) is 6.70. The van der Waals surface area contributed by atoms with Crippen molar-refractivity contribution in [2.24, 2.45) is 17.6 Å². The summed E-state index contributed by atoms with van der Waals surface area (Å²) < 4.78 is 25.2. The van der Waals surface area contributed by atoms with Crippen molar-refractivity contribution in [2.45, 2.75) is 59.2 Å². The first-order valence-electron chi connectivity index (χ1n) is 12.2. The number of likely N-dealkylation sites (tertiary alicyclic amines) is 1. The molecule has 0 radical (unpaired) electrons. The summed E-state index contributed by atoms with van der Waals surface area (Å²) in [7, 11) is 0. The average Bonchev–Trinajstić information content (AvgIpc) is 3.15. The van der Waals surface area contributed by atoms with E-state index in [9.17, 15) is 14.4 Å². The molecule has 4 rings (SSSR count). The number of hydrogen-bond acceptors (Lipinski definition) is 6. The topological polar surface area (TPSA) is 117 Å². The van der Waals surface area contributed by atoms with Gasteiger partial charge in [0.15, 0.2) is 0 Å². The van der Waals surface area contributed by atoms with Crippen LogP contribution in [-0.2, 0) is 16.8 Å². The predicted molar refractivity (Wildman–Crippen MR) is 136 cm³/mol. The molecule has 1 saturated heterocycles. The lowest BCUT2D eigenvalue weighted by Gasteiger charge is -2.41. The summed E-state index contributed by atoms with van der Waals surface area (Å²) in [5.41, 5.74) is 8.03. The Kier molecular flexibility index (Phi) is 6.68. The molecule has 0 bridgehead atoms. The molecule has 2 aliphatic heterocycles. The molecule has 0 aliphatic carbocycles. The molecule has 9 heteroatoms. The van der Waals surface area contributed by atoms with Gasteiger partial charge in [0.25, 0.3) is 0 Å². The zero-order valence-corrected chi connectivity index (χ0v) is 22.0. The van der Waals surface area contributed by atoms with Gasteiger partial charge in [-0.1, -0.05) is 31.8 Å². The summed E-state index contributed by atoms with van der Waals surface area (Å²) in [6.07, 6.45) is -0.356. The number of benzene rings is 1. The van der Waals surface area contributed by atoms with Crippen molar-refractivity contribution in [1.29, 1.82) is 5.26 Å². The number of hydrogen-bond donors (Lipinski definition) is 2. The Morgan fingerprint density at radius 3 is 2.68 bits per heavy atom. The van der Waals surface area contributed by atoms with Gasteiger partial charge in [-0.15, -0.1) is 0 Å². The fourth-order valence-corrected chi connectivity index (χ4v) is 5.07. The molecule has 3 heterocycles. The van der Waals surface area contributed by atoms with Gasteiger partial charge >= 0.3 is 6.09 Å². The number of halogens is 1. The maximum atomic E-state index is 14.0. The Labute approximate surface area is 216 Å². The van der Waals surface area contributed by atoms with Crippen molar-refractivity contribution in [1.82, 2.24) is 15.1 Å². The summed E-state index contributed by atoms with van der Waals surface area (Å²) in [6, 6.07) is 7.59. The van der Waals surface area contributed by atoms with Gasteiger partial charge in [0, 0.05) is 18.7 Å². The SMILES string of the molecule is Cc1n[nH]c2c1C(c1cc(C#CC3CN(C(=O)OC(C)(C)C)C3)cc(CF)c1)(C(C)C)C(C#N)=C(N)O2. The fraction of sp³-hybridized carbons (Fsp3) is 0.464. The van der Waals surface area contributed by atoms with Crippen LogP contribution in [0.25, 0.3) is 0 Å². The molecular weight excluding hydrogens is 473 g/mol. The highest BCUT2D eigenvalue weighted by Crippen LogP contribution is 2.52. The van der Waals surface area contributed by atoms with E-state index in [1.54, 1.807) is 17.0 Å². The minimum atomic E-state index is -1.00. The van der Waals surface area contributed by atoms with Crippen LogP contribution >= 0.6 is 0 Å². The van der Waals surface area contributed by atoms with Crippen LogP contribution < -0.4 is 10.5 Å². The molecule has 0 saturated carbocycles. The van der Waals surface area contributed by atoms with Crippen LogP contribution in [0.5, 0.6) is 5.88 Å². The molecule has 1 amide bonds. The van der Waals surface area contributed by atoms with E-state index in [1.807, 2.05) is 47.6 Å². The molecule has 1 aromatic heterocycles. The monoisotopic (exact) mass is 505 g/mol. The van der Waals surface area contributed by atoms with E-state index in [1.165, 1.54) is 0 Å². The maximum absolute atomic E-state index is 14.0. The first-order chi connectivity index (χ1) is 17.4. The van der Waals surface area contributed by atoms with Gasteiger partial charge in [0.2, 0.25) is 11.8 Å². The third-order valence-corrected chi connectivity index (χ3v) is 6.70. The first-order valence-corrected chi connectivity index (χ1v) is 12.2. The Bertz CT molecular complexity index is 1360. The van der Waals surface area contributed by atoms with Crippen molar-refractivity contribution in [3.63, 3.8) is 0 Å². The molecule has 3 N–H and O–H groups in total. The van der Waals surface area contributed by atoms with Crippen molar-refractivity contribution in [2.75, 3.05) is 13.1 Å². The second-order valence-corrected chi connectivity index (χ2v) is 10.8. The van der Waals surface area contributed by atoms with Crippen LogP contribution in [0, 0.1) is 41.9 Å². The van der Waals surface area contributed by atoms with Gasteiger partial charge in [0.1, 0.15) is 23.9 Å². The fourth-order valence-electron chi connectivity index (χ4n) is 5.07. The number of carbonyl (C=O) groups is 1. The Morgan fingerprint density at radius 1 is 1.38 bits per heavy atom. The van der Waals surface area contributed by atoms with E-state index in [2.05, 4.69) is 28.1 Å². The quantitative estimate of drug-likeness (QED) is 0.596. The molecule has 0 spiro atoms. The van der Waals surface area contributed by atoms with E-state index >= 15 is 0 Å². The largest absolute Gasteiger partial charge is 0.444 e. The van der Waals surface area contributed by atoms with E-state index in [-0.39, 0.29) is 29.4 Å². The van der Waals surface area contributed by atoms with Crippen molar-refractivity contribution in [3.8, 4) is 23.8 Å². The number of ether oxygens (including phenoxy) is 2. The number of carbonyl (C=O) groups excluding carboxylic acids is 1. The van der Waals surface area contributed by atoms with Crippen LogP contribution in [0.3, 0.4) is 0 Å². The maximum Gasteiger partial charge on any atom is 0.410 e. The number of allylic oxidation sites excluding steroid dienone is 1. The molecule has 1 unspecified atom stereocenters. The smallest absolute Gasteiger partial charge is 0.410 e. The number of nitrogens with two attached hydrogens (primary N) is 1. The second kappa shape index (κ2) is 9.48. The molecule has 194 valence electrons. The van der Waals surface area contributed by atoms with Gasteiger partial charge in [0.05, 0.1) is 22.6 Å². The summed E-state index contributed by atoms with van der Waals surface area (Å²) in [5.74, 6) is 6.56. The van der Waals surface area contributed by atoms with E-state index in [4.69, 9.17) is 15.2 Å². The molecule has 37 heavy (non-hydrogen) atoms. The lowest BCUT2D eigenvalue weighted by molar-refractivity contribution is 0.00592. The second-order valence-electron chi connectivity index (χ2n) is 10.8. The summed E-state index contributed by atoms with van der Waals surface area (Å²) in [5, 5.41) is 17.3. The van der Waals surface area contributed by atoms with E-state index in [0.29, 0.717) is 46.9 Å². The molecular formula is C28H32FN5O3. The standard InChI is InChI=1S/C28H32FN5O3/c1-16(2)28(22(13-30)24(31)36-25-23(28)17(3)32-33-25)21-10-18(9-20(11-21)12-29)7-8-19-14-34(15-19)26(35)37-27(4,5)6/h9-11,16,19H,12,14-15,31H2,1-6H3,(H,32,33). The number of alkyl halides is 1. The first kappa shape index (κ1) is 26.1. The molecule has 1 fully saturated rings. The summed E-state index contributed by atoms with van der Waals surface area (Å²) >= 11 is 0. The number of H-pyrrole nitrogens is 1. The summed E-state index contributed by atoms with van der Waals surface area (Å²) in [6.45, 7) is 11.5. The molecule has 8 nitrogen and oxygen atoms in total. The number of nitriles is 1. The summed E-state index contributed by atoms with van der Waals surface area (Å²) in [4.78, 5) is 13.8. The average molecular weight is 506 g/mol. The van der Waals surface area contributed by atoms with Crippen LogP contribution in [0.2, 0.25) is 0 Å². The highest BCUT2D eigenvalue weighted by Gasteiger charge is 2.50. The van der Waals surface area contributed by atoms with E-state index < -0.39 is 17.7 Å². The third kappa shape index (κ3) is 4.62. The Balaban J connectivity index is 1.73. The van der Waals surface area contributed by atoms with Crippen LogP contribution in [0.4, 0.5) is 9.18 Å². The number of rotatable bonds is 3. The number of nitrogens with zero attached hydrogens (tertiary/aromatic N) is 3. The van der Waals surface area contributed by atoms with Crippen LogP contribution in [0.1, 0.15) is 62.6 Å². The van der Waals surface area contributed by atoms with Gasteiger partial charge < -0.3 is 20.1 Å². The Hall–Kier alpha value is -3.98. The van der Waals surface area contributed by atoms with Gasteiger partial charge in [-0.05, 0) is 56.9 Å². The lowest BCUT2D eigenvalue weighted by Crippen LogP contribution is -2.51. The number of aromatic amines is 1. The molecule has 2 aliphatic rings. The predicted octanol–water partition coefficient (Wildman–Crippen LogP) is 4.43. The lowest BCUT2D eigenvalue weighted by atomic mass is 9.61. The minimum absolute atomic E-state index is 0.0117. The zero-order valence-electron chi connectivity index (χ0n) is 22.0. The van der Waals surface area contributed by atoms with Crippen molar-refractivity contribution >= 4 is 6.09 Å². The molecule has 1 atom stereocenters. The number of aromatic nitrogens is 2. The minimum Gasteiger partial charge on any atom is -0.444 e. The normalized spacial score (nSPS) is 19.4. The van der Waals surface area contributed by atoms with Crippen molar-refractivity contribution in [3.05, 3.63) is 57.6 Å². The van der Waals surface area contributed by atoms with E-state index in [0.717, 1.165) is 0 Å². The number of nitrogens with one attached hydrogen (secondary N) is 1. The Morgan fingerprint density at radius 2 is 2.08 bits per heavy atom. The zero-order chi connectivity index (χ0) is 27.1. The number of aryl methyl sites for hydroxylation is 1. The highest BCUT2D eigenvalue weighted by atomic mass is 19.1. The van der Waals surface area contributed by atoms with Gasteiger partial charge in [-0.3, -0.25) is 0 Å². The van der Waals surface area contributed by atoms with Crippen LogP contribution in [0.15, 0.2) is 29.7 Å². The van der Waals surface area contributed by atoms with Crippen LogP contribution in [-0.4, -0.2) is 39.9 Å². The van der Waals surface area contributed by atoms with Gasteiger partial charge in [-0.2, -0.15) is 10.4 Å². The van der Waals surface area contributed by atoms with Crippen molar-refractivity contribution < 1.29 is 18.7 Å². The number of amides is 1. The molecule has 2 aromatic rings. The molecule has 1 aromatic carbocycles. The van der Waals surface area contributed by atoms with Gasteiger partial charge in [-0.25, -0.2) is 14.3 Å².